The third kappa shape index (κ3) is 4.14. The maximum atomic E-state index is 12.7. The van der Waals surface area contributed by atoms with Crippen molar-refractivity contribution in [2.75, 3.05) is 24.3 Å². The molecule has 27 heavy (non-hydrogen) atoms. The van der Waals surface area contributed by atoms with Crippen LogP contribution in [-0.2, 0) is 10.2 Å². The van der Waals surface area contributed by atoms with E-state index in [-0.39, 0.29) is 11.3 Å². The van der Waals surface area contributed by atoms with E-state index in [1.54, 1.807) is 13.2 Å². The first kappa shape index (κ1) is 19.4. The van der Waals surface area contributed by atoms with Crippen molar-refractivity contribution < 1.29 is 14.3 Å². The molecule has 0 aromatic heterocycles. The lowest BCUT2D eigenvalue weighted by Crippen LogP contribution is -2.41. The van der Waals surface area contributed by atoms with E-state index < -0.39 is 6.10 Å². The molecule has 1 unspecified atom stereocenters. The summed E-state index contributed by atoms with van der Waals surface area (Å²) < 4.78 is 11.4. The average Bonchev–Trinajstić information content (AvgIpc) is 2.61. The van der Waals surface area contributed by atoms with E-state index >= 15 is 0 Å². The third-order valence-corrected chi connectivity index (χ3v) is 4.84. The van der Waals surface area contributed by atoms with Crippen LogP contribution in [0.3, 0.4) is 0 Å². The van der Waals surface area contributed by atoms with Crippen LogP contribution in [0.15, 0.2) is 30.3 Å². The van der Waals surface area contributed by atoms with Crippen molar-refractivity contribution in [3.8, 4) is 11.5 Å². The first-order valence-corrected chi connectivity index (χ1v) is 9.27. The number of hydrogen-bond donors (Lipinski definition) is 2. The molecule has 0 saturated carbocycles. The second-order valence-electron chi connectivity index (χ2n) is 7.76. The molecule has 0 bridgehead atoms. The third-order valence-electron chi connectivity index (χ3n) is 4.53. The van der Waals surface area contributed by atoms with Gasteiger partial charge in [-0.3, -0.25) is 4.79 Å². The zero-order chi connectivity index (χ0) is 19.8. The molecule has 0 fully saturated rings. The van der Waals surface area contributed by atoms with E-state index in [9.17, 15) is 4.79 Å². The number of ether oxygens (including phenoxy) is 2. The summed E-state index contributed by atoms with van der Waals surface area (Å²) in [5, 5.41) is 6.56. The summed E-state index contributed by atoms with van der Waals surface area (Å²) in [5.74, 6) is 1.10. The summed E-state index contributed by atoms with van der Waals surface area (Å²) >= 11 is 6.42. The fourth-order valence-corrected chi connectivity index (χ4v) is 3.25. The summed E-state index contributed by atoms with van der Waals surface area (Å²) in [6, 6.07) is 9.46. The van der Waals surface area contributed by atoms with Crippen LogP contribution in [0.25, 0.3) is 0 Å². The fraction of sp³-hybridized carbons (Fsp3) is 0.381. The lowest BCUT2D eigenvalue weighted by Gasteiger charge is -2.27. The van der Waals surface area contributed by atoms with Gasteiger partial charge in [-0.2, -0.15) is 0 Å². The molecule has 1 heterocycles. The van der Waals surface area contributed by atoms with Crippen LogP contribution in [-0.4, -0.2) is 25.7 Å². The number of halogens is 1. The Hall–Kier alpha value is -2.40. The Labute approximate surface area is 165 Å². The SMILES string of the molecule is COc1cc(NC(=O)C2CNc3ccc(C)cc3O2)c(Cl)cc1C(C)(C)C. The van der Waals surface area contributed by atoms with Gasteiger partial charge in [0, 0.05) is 11.6 Å². The van der Waals surface area contributed by atoms with E-state index in [0.29, 0.717) is 28.8 Å². The molecule has 2 N–H and O–H groups in total. The maximum Gasteiger partial charge on any atom is 0.267 e. The van der Waals surface area contributed by atoms with Crippen molar-refractivity contribution in [2.24, 2.45) is 0 Å². The lowest BCUT2D eigenvalue weighted by molar-refractivity contribution is -0.122. The fourth-order valence-electron chi connectivity index (χ4n) is 3.03. The number of nitrogens with one attached hydrogen (secondary N) is 2. The Balaban J connectivity index is 1.80. The van der Waals surface area contributed by atoms with Crippen LogP contribution in [0.1, 0.15) is 31.9 Å². The van der Waals surface area contributed by atoms with Crippen molar-refractivity contribution in [3.63, 3.8) is 0 Å². The summed E-state index contributed by atoms with van der Waals surface area (Å²) in [5.41, 5.74) is 3.31. The van der Waals surface area contributed by atoms with E-state index in [4.69, 9.17) is 21.1 Å². The predicted octanol–water partition coefficient (Wildman–Crippen LogP) is 4.77. The van der Waals surface area contributed by atoms with Gasteiger partial charge < -0.3 is 20.1 Å². The first-order valence-electron chi connectivity index (χ1n) is 8.89. The van der Waals surface area contributed by atoms with Crippen LogP contribution in [0.2, 0.25) is 5.02 Å². The molecule has 144 valence electrons. The molecule has 5 nitrogen and oxygen atoms in total. The highest BCUT2D eigenvalue weighted by Crippen LogP contribution is 2.38. The van der Waals surface area contributed by atoms with Crippen LogP contribution in [0.4, 0.5) is 11.4 Å². The number of rotatable bonds is 3. The van der Waals surface area contributed by atoms with Crippen LogP contribution >= 0.6 is 11.6 Å². The quantitative estimate of drug-likeness (QED) is 0.795. The smallest absolute Gasteiger partial charge is 0.267 e. The number of aryl methyl sites for hydroxylation is 1. The Kier molecular flexibility index (Phi) is 5.24. The molecule has 0 radical (unpaired) electrons. The number of fused-ring (bicyclic) bond motifs is 1. The number of amides is 1. The zero-order valence-electron chi connectivity index (χ0n) is 16.3. The van der Waals surface area contributed by atoms with E-state index in [1.807, 2.05) is 31.2 Å². The second-order valence-corrected chi connectivity index (χ2v) is 8.17. The van der Waals surface area contributed by atoms with E-state index in [1.165, 1.54) is 0 Å². The molecule has 0 aliphatic carbocycles. The minimum Gasteiger partial charge on any atom is -0.496 e. The summed E-state index contributed by atoms with van der Waals surface area (Å²) in [6.07, 6.45) is -0.649. The molecule has 1 aliphatic heterocycles. The topological polar surface area (TPSA) is 59.6 Å². The Morgan fingerprint density at radius 3 is 2.70 bits per heavy atom. The molecule has 3 rings (SSSR count). The number of benzene rings is 2. The van der Waals surface area contributed by atoms with Gasteiger partial charge in [0.15, 0.2) is 6.10 Å². The van der Waals surface area contributed by atoms with Gasteiger partial charge in [-0.25, -0.2) is 0 Å². The van der Waals surface area contributed by atoms with Gasteiger partial charge in [0.1, 0.15) is 11.5 Å². The Morgan fingerprint density at radius 1 is 1.30 bits per heavy atom. The minimum atomic E-state index is -0.649. The average molecular weight is 389 g/mol. The molecular formula is C21H25ClN2O3. The molecule has 2 aromatic carbocycles. The van der Waals surface area contributed by atoms with Gasteiger partial charge in [0.05, 0.1) is 30.1 Å². The van der Waals surface area contributed by atoms with Crippen molar-refractivity contribution in [1.82, 2.24) is 0 Å². The summed E-state index contributed by atoms with van der Waals surface area (Å²) in [7, 11) is 1.61. The van der Waals surface area contributed by atoms with E-state index in [2.05, 4.69) is 31.4 Å². The van der Waals surface area contributed by atoms with Crippen molar-refractivity contribution in [3.05, 3.63) is 46.5 Å². The maximum absolute atomic E-state index is 12.7. The van der Waals surface area contributed by atoms with Gasteiger partial charge in [0.25, 0.3) is 5.91 Å². The monoisotopic (exact) mass is 388 g/mol. The summed E-state index contributed by atoms with van der Waals surface area (Å²) in [6.45, 7) is 8.62. The predicted molar refractivity (Wildman–Crippen MR) is 109 cm³/mol. The van der Waals surface area contributed by atoms with Gasteiger partial charge in [-0.05, 0) is 36.1 Å². The molecule has 1 aliphatic rings. The highest BCUT2D eigenvalue weighted by atomic mass is 35.5. The molecular weight excluding hydrogens is 364 g/mol. The molecule has 2 aromatic rings. The van der Waals surface area contributed by atoms with Gasteiger partial charge in [-0.1, -0.05) is 38.4 Å². The second kappa shape index (κ2) is 7.31. The minimum absolute atomic E-state index is 0.129. The van der Waals surface area contributed by atoms with Crippen molar-refractivity contribution in [1.29, 1.82) is 0 Å². The first-order chi connectivity index (χ1) is 12.7. The molecule has 0 saturated heterocycles. The molecule has 6 heteroatoms. The zero-order valence-corrected chi connectivity index (χ0v) is 17.0. The van der Waals surface area contributed by atoms with Crippen molar-refractivity contribution in [2.45, 2.75) is 39.2 Å². The number of carbonyl (C=O) groups is 1. The number of carbonyl (C=O) groups excluding carboxylic acids is 1. The van der Waals surface area contributed by atoms with Crippen LogP contribution < -0.4 is 20.1 Å². The van der Waals surface area contributed by atoms with Gasteiger partial charge in [0.2, 0.25) is 0 Å². The Bertz CT molecular complexity index is 874. The highest BCUT2D eigenvalue weighted by molar-refractivity contribution is 6.34. The Morgan fingerprint density at radius 2 is 2.04 bits per heavy atom. The van der Waals surface area contributed by atoms with Crippen LogP contribution in [0, 0.1) is 6.92 Å². The molecule has 0 spiro atoms. The molecule has 1 atom stereocenters. The van der Waals surface area contributed by atoms with Crippen LogP contribution in [0.5, 0.6) is 11.5 Å². The highest BCUT2D eigenvalue weighted by Gasteiger charge is 2.27. The lowest BCUT2D eigenvalue weighted by atomic mass is 9.86. The molecule has 1 amide bonds. The standard InChI is InChI=1S/C21H25ClN2O3/c1-12-6-7-15-18(8-12)27-19(11-23-15)20(25)24-16-10-17(26-5)13(9-14(16)22)21(2,3)4/h6-10,19,23H,11H2,1-5H3,(H,24,25). The number of methoxy groups -OCH3 is 1. The van der Waals surface area contributed by atoms with Gasteiger partial charge >= 0.3 is 0 Å². The van der Waals surface area contributed by atoms with Crippen molar-refractivity contribution >= 4 is 28.9 Å². The number of hydrogen-bond acceptors (Lipinski definition) is 4. The largest absolute Gasteiger partial charge is 0.496 e. The summed E-state index contributed by atoms with van der Waals surface area (Å²) in [4.78, 5) is 12.7. The number of anilines is 2. The normalized spacial score (nSPS) is 16.0. The van der Waals surface area contributed by atoms with Gasteiger partial charge in [-0.15, -0.1) is 0 Å². The van der Waals surface area contributed by atoms with E-state index in [0.717, 1.165) is 16.8 Å².